The highest BCUT2D eigenvalue weighted by molar-refractivity contribution is 14.0. The average Bonchev–Trinajstić information content (AvgIpc) is 2.70. The number of rotatable bonds is 9. The number of pyridine rings is 1. The molecule has 2 heterocycles. The van der Waals surface area contributed by atoms with Gasteiger partial charge in [-0.15, -0.1) is 24.0 Å². The summed E-state index contributed by atoms with van der Waals surface area (Å²) in [7, 11) is 3.45. The lowest BCUT2D eigenvalue weighted by atomic mass is 9.98. The van der Waals surface area contributed by atoms with Crippen LogP contribution < -0.4 is 15.4 Å². The van der Waals surface area contributed by atoms with Crippen LogP contribution >= 0.6 is 24.0 Å². The zero-order valence-corrected chi connectivity index (χ0v) is 20.0. The van der Waals surface area contributed by atoms with Crippen LogP contribution in [0.1, 0.15) is 38.7 Å². The van der Waals surface area contributed by atoms with E-state index < -0.39 is 0 Å². The van der Waals surface area contributed by atoms with E-state index in [1.54, 1.807) is 14.2 Å². The van der Waals surface area contributed by atoms with Crippen molar-refractivity contribution >= 4 is 29.9 Å². The summed E-state index contributed by atoms with van der Waals surface area (Å²) in [5.41, 5.74) is 1.19. The molecule has 1 aliphatic rings. The Hall–Kier alpha value is -1.13. The largest absolute Gasteiger partial charge is 0.475 e. The molecule has 2 N–H and O–H groups in total. The summed E-state index contributed by atoms with van der Waals surface area (Å²) in [6.45, 7) is 9.55. The van der Waals surface area contributed by atoms with E-state index in [2.05, 4.69) is 39.4 Å². The second kappa shape index (κ2) is 13.2. The van der Waals surface area contributed by atoms with Gasteiger partial charge >= 0.3 is 0 Å². The first kappa shape index (κ1) is 24.9. The number of piperidine rings is 1. The number of nitrogens with one attached hydrogen (secondary N) is 2. The molecule has 0 bridgehead atoms. The Morgan fingerprint density at radius 1 is 1.18 bits per heavy atom. The zero-order chi connectivity index (χ0) is 19.5. The molecule has 0 radical (unpaired) electrons. The van der Waals surface area contributed by atoms with E-state index in [0.29, 0.717) is 25.6 Å². The van der Waals surface area contributed by atoms with Gasteiger partial charge in [0.05, 0.1) is 6.61 Å². The van der Waals surface area contributed by atoms with Crippen LogP contribution in [0.3, 0.4) is 0 Å². The fraction of sp³-hybridized carbons (Fsp3) is 0.700. The molecule has 0 spiro atoms. The SMILES string of the molecule is CN=C(NCc1ccc(OCCOC)nc1)NCC(C)(C)N1CCCCC1.I. The first-order valence-electron chi connectivity index (χ1n) is 9.81. The van der Waals surface area contributed by atoms with Gasteiger partial charge in [0, 0.05) is 45.0 Å². The first-order valence-corrected chi connectivity index (χ1v) is 9.81. The molecule has 1 aromatic heterocycles. The molecule has 2 rings (SSSR count). The summed E-state index contributed by atoms with van der Waals surface area (Å²) >= 11 is 0. The van der Waals surface area contributed by atoms with Gasteiger partial charge in [-0.05, 0) is 45.3 Å². The zero-order valence-electron chi connectivity index (χ0n) is 17.7. The van der Waals surface area contributed by atoms with E-state index in [1.807, 2.05) is 18.3 Å². The summed E-state index contributed by atoms with van der Waals surface area (Å²) < 4.78 is 10.4. The second-order valence-electron chi connectivity index (χ2n) is 7.49. The van der Waals surface area contributed by atoms with Crippen molar-refractivity contribution in [2.75, 3.05) is 47.0 Å². The lowest BCUT2D eigenvalue weighted by Crippen LogP contribution is -2.54. The predicted octanol–water partition coefficient (Wildman–Crippen LogP) is 2.65. The van der Waals surface area contributed by atoms with Crippen molar-refractivity contribution in [2.45, 2.75) is 45.2 Å². The highest BCUT2D eigenvalue weighted by Crippen LogP contribution is 2.19. The molecule has 28 heavy (non-hydrogen) atoms. The van der Waals surface area contributed by atoms with Crippen LogP contribution in [0.4, 0.5) is 0 Å². The van der Waals surface area contributed by atoms with E-state index in [-0.39, 0.29) is 29.5 Å². The minimum absolute atomic E-state index is 0. The number of likely N-dealkylation sites (tertiary alicyclic amines) is 1. The number of hydrogen-bond donors (Lipinski definition) is 2. The minimum atomic E-state index is 0. The number of aliphatic imine (C=N–C) groups is 1. The molecule has 7 nitrogen and oxygen atoms in total. The normalized spacial score (nSPS) is 15.6. The molecule has 1 aromatic rings. The maximum absolute atomic E-state index is 5.48. The van der Waals surface area contributed by atoms with Gasteiger partial charge in [0.15, 0.2) is 5.96 Å². The summed E-state index contributed by atoms with van der Waals surface area (Å²) in [5.74, 6) is 1.42. The van der Waals surface area contributed by atoms with Crippen LogP contribution in [0.25, 0.3) is 0 Å². The maximum Gasteiger partial charge on any atom is 0.213 e. The average molecular weight is 505 g/mol. The second-order valence-corrected chi connectivity index (χ2v) is 7.49. The van der Waals surface area contributed by atoms with Crippen LogP contribution in [-0.4, -0.2) is 68.4 Å². The van der Waals surface area contributed by atoms with Crippen LogP contribution in [0, 0.1) is 0 Å². The van der Waals surface area contributed by atoms with Crippen LogP contribution in [-0.2, 0) is 11.3 Å². The van der Waals surface area contributed by atoms with Gasteiger partial charge in [-0.2, -0.15) is 0 Å². The Morgan fingerprint density at radius 2 is 1.93 bits per heavy atom. The third kappa shape index (κ3) is 8.48. The van der Waals surface area contributed by atoms with Gasteiger partial charge in [0.25, 0.3) is 0 Å². The first-order chi connectivity index (χ1) is 13.0. The van der Waals surface area contributed by atoms with E-state index in [0.717, 1.165) is 18.1 Å². The maximum atomic E-state index is 5.48. The molecular weight excluding hydrogens is 469 g/mol. The van der Waals surface area contributed by atoms with Gasteiger partial charge in [0.1, 0.15) is 6.61 Å². The molecule has 1 fully saturated rings. The van der Waals surface area contributed by atoms with Crippen LogP contribution in [0.5, 0.6) is 5.88 Å². The number of methoxy groups -OCH3 is 1. The monoisotopic (exact) mass is 505 g/mol. The van der Waals surface area contributed by atoms with E-state index in [9.17, 15) is 0 Å². The van der Waals surface area contributed by atoms with Gasteiger partial charge in [-0.25, -0.2) is 4.98 Å². The fourth-order valence-corrected chi connectivity index (χ4v) is 3.15. The number of halogens is 1. The van der Waals surface area contributed by atoms with Crippen molar-refractivity contribution in [3.63, 3.8) is 0 Å². The van der Waals surface area contributed by atoms with Gasteiger partial charge in [-0.1, -0.05) is 12.5 Å². The van der Waals surface area contributed by atoms with Gasteiger partial charge in [-0.3, -0.25) is 9.89 Å². The summed E-state index contributed by atoms with van der Waals surface area (Å²) in [6, 6.07) is 3.88. The summed E-state index contributed by atoms with van der Waals surface area (Å²) in [5, 5.41) is 6.81. The van der Waals surface area contributed by atoms with E-state index in [4.69, 9.17) is 9.47 Å². The van der Waals surface area contributed by atoms with Crippen molar-refractivity contribution in [1.82, 2.24) is 20.5 Å². The molecule has 1 saturated heterocycles. The number of nitrogens with zero attached hydrogens (tertiary/aromatic N) is 3. The van der Waals surface area contributed by atoms with Gasteiger partial charge < -0.3 is 20.1 Å². The lowest BCUT2D eigenvalue weighted by molar-refractivity contribution is 0.0982. The minimum Gasteiger partial charge on any atom is -0.475 e. The van der Waals surface area contributed by atoms with Gasteiger partial charge in [0.2, 0.25) is 5.88 Å². The molecule has 1 aliphatic heterocycles. The quantitative estimate of drug-likeness (QED) is 0.233. The highest BCUT2D eigenvalue weighted by atomic mass is 127. The Bertz CT molecular complexity index is 574. The Balaban J connectivity index is 0.00000392. The highest BCUT2D eigenvalue weighted by Gasteiger charge is 2.27. The lowest BCUT2D eigenvalue weighted by Gasteiger charge is -2.41. The molecule has 0 amide bonds. The number of hydrogen-bond acceptors (Lipinski definition) is 5. The Kier molecular flexibility index (Phi) is 11.7. The topological polar surface area (TPSA) is 71.0 Å². The third-order valence-electron chi connectivity index (χ3n) is 4.92. The molecule has 0 unspecified atom stereocenters. The number of aromatic nitrogens is 1. The number of ether oxygens (including phenoxy) is 2. The molecule has 0 atom stereocenters. The number of guanidine groups is 1. The van der Waals surface area contributed by atoms with E-state index in [1.165, 1.54) is 32.4 Å². The van der Waals surface area contributed by atoms with Crippen LogP contribution in [0.15, 0.2) is 23.3 Å². The standard InChI is InChI=1S/C20H35N5O2.HI/c1-20(2,25-10-6-5-7-11-25)16-24-19(21-3)23-15-17-8-9-18(22-14-17)27-13-12-26-4;/h8-9,14H,5-7,10-13,15-16H2,1-4H3,(H2,21,23,24);1H. The van der Waals surface area contributed by atoms with Crippen molar-refractivity contribution in [3.8, 4) is 5.88 Å². The fourth-order valence-electron chi connectivity index (χ4n) is 3.15. The summed E-state index contributed by atoms with van der Waals surface area (Å²) in [4.78, 5) is 11.2. The predicted molar refractivity (Wildman–Crippen MR) is 125 cm³/mol. The smallest absolute Gasteiger partial charge is 0.213 e. The molecule has 0 saturated carbocycles. The van der Waals surface area contributed by atoms with Crippen LogP contribution in [0.2, 0.25) is 0 Å². The molecule has 0 aliphatic carbocycles. The molecule has 8 heteroatoms. The van der Waals surface area contributed by atoms with E-state index >= 15 is 0 Å². The third-order valence-corrected chi connectivity index (χ3v) is 4.92. The molecule has 160 valence electrons. The summed E-state index contributed by atoms with van der Waals surface area (Å²) in [6.07, 6.45) is 5.77. The molecule has 0 aromatic carbocycles. The van der Waals surface area contributed by atoms with Crippen molar-refractivity contribution in [3.05, 3.63) is 23.9 Å². The Labute approximate surface area is 186 Å². The molecular formula is C20H36IN5O2. The van der Waals surface area contributed by atoms with Crippen molar-refractivity contribution in [2.24, 2.45) is 4.99 Å². The van der Waals surface area contributed by atoms with Crippen molar-refractivity contribution in [1.29, 1.82) is 0 Å². The Morgan fingerprint density at radius 3 is 2.54 bits per heavy atom. The van der Waals surface area contributed by atoms with Crippen molar-refractivity contribution < 1.29 is 9.47 Å².